The van der Waals surface area contributed by atoms with Gasteiger partial charge in [0.05, 0.1) is 0 Å². The van der Waals surface area contributed by atoms with Crippen LogP contribution in [0, 0.1) is 0 Å². The molecule has 1 N–H and O–H groups in total. The van der Waals surface area contributed by atoms with Crippen LogP contribution in [0.5, 0.6) is 0 Å². The molecule has 2 aliphatic rings. The van der Waals surface area contributed by atoms with Crippen molar-refractivity contribution in [1.29, 1.82) is 0 Å². The van der Waals surface area contributed by atoms with E-state index in [-0.39, 0.29) is 5.41 Å². The molecule has 2 fully saturated rings. The predicted molar refractivity (Wildman–Crippen MR) is 66.5 cm³/mol. The molecule has 5 heteroatoms. The van der Waals surface area contributed by atoms with Gasteiger partial charge >= 0.3 is 0 Å². The van der Waals surface area contributed by atoms with Gasteiger partial charge in [-0.15, -0.1) is 0 Å². The molecule has 2 saturated heterocycles. The maximum absolute atomic E-state index is 5.53. The Hall–Kier alpha value is -0.940. The molecule has 0 aliphatic carbocycles. The summed E-state index contributed by atoms with van der Waals surface area (Å²) in [4.78, 5) is 4.67. The number of hydrogen-bond acceptors (Lipinski definition) is 5. The molecule has 100 valence electrons. The quantitative estimate of drug-likeness (QED) is 0.865. The fraction of sp³-hybridized carbons (Fsp3) is 0.846. The summed E-state index contributed by atoms with van der Waals surface area (Å²) in [6.45, 7) is 5.93. The fourth-order valence-corrected chi connectivity index (χ4v) is 2.79. The zero-order chi connectivity index (χ0) is 12.4. The zero-order valence-electron chi connectivity index (χ0n) is 10.9. The summed E-state index contributed by atoms with van der Waals surface area (Å²) in [5, 5.41) is 7.57. The van der Waals surface area contributed by atoms with Gasteiger partial charge in [-0.05, 0) is 38.8 Å². The van der Waals surface area contributed by atoms with Crippen molar-refractivity contribution in [2.24, 2.45) is 0 Å². The lowest BCUT2D eigenvalue weighted by atomic mass is 9.81. The van der Waals surface area contributed by atoms with Crippen LogP contribution in [0.25, 0.3) is 0 Å². The van der Waals surface area contributed by atoms with Gasteiger partial charge in [0, 0.05) is 24.5 Å². The van der Waals surface area contributed by atoms with Crippen LogP contribution in [0.1, 0.15) is 50.2 Å². The molecule has 0 amide bonds. The number of aromatic nitrogens is 2. The van der Waals surface area contributed by atoms with Crippen molar-refractivity contribution >= 4 is 0 Å². The van der Waals surface area contributed by atoms with Crippen molar-refractivity contribution in [1.82, 2.24) is 15.5 Å². The first-order valence-electron chi connectivity index (χ1n) is 6.90. The van der Waals surface area contributed by atoms with Crippen LogP contribution >= 0.6 is 0 Å². The highest BCUT2D eigenvalue weighted by atomic mass is 16.5. The van der Waals surface area contributed by atoms with E-state index < -0.39 is 0 Å². The fourth-order valence-electron chi connectivity index (χ4n) is 2.79. The second-order valence-corrected chi connectivity index (χ2v) is 5.66. The SMILES string of the molecule is CC1(c2nc(C3CCOCC3)no2)CCNCC1. The molecule has 0 radical (unpaired) electrons. The Bertz CT molecular complexity index is 393. The largest absolute Gasteiger partial charge is 0.381 e. The third-order valence-electron chi connectivity index (χ3n) is 4.25. The smallest absolute Gasteiger partial charge is 0.232 e. The van der Waals surface area contributed by atoms with Crippen LogP contribution in [-0.4, -0.2) is 36.4 Å². The second-order valence-electron chi connectivity index (χ2n) is 5.66. The lowest BCUT2D eigenvalue weighted by Gasteiger charge is -2.30. The predicted octanol–water partition coefficient (Wildman–Crippen LogP) is 1.60. The Morgan fingerprint density at radius 3 is 2.67 bits per heavy atom. The molecule has 0 aromatic carbocycles. The molecule has 18 heavy (non-hydrogen) atoms. The van der Waals surface area contributed by atoms with Gasteiger partial charge in [-0.3, -0.25) is 0 Å². The van der Waals surface area contributed by atoms with E-state index in [1.54, 1.807) is 0 Å². The van der Waals surface area contributed by atoms with Crippen LogP contribution in [-0.2, 0) is 10.2 Å². The van der Waals surface area contributed by atoms with E-state index in [1.165, 1.54) is 0 Å². The van der Waals surface area contributed by atoms with Crippen molar-refractivity contribution in [2.75, 3.05) is 26.3 Å². The average molecular weight is 251 g/mol. The third-order valence-corrected chi connectivity index (χ3v) is 4.25. The summed E-state index contributed by atoms with van der Waals surface area (Å²) >= 11 is 0. The summed E-state index contributed by atoms with van der Waals surface area (Å²) in [5.41, 5.74) is 0.0572. The van der Waals surface area contributed by atoms with Crippen molar-refractivity contribution < 1.29 is 9.26 Å². The third kappa shape index (κ3) is 2.29. The maximum Gasteiger partial charge on any atom is 0.232 e. The van der Waals surface area contributed by atoms with E-state index >= 15 is 0 Å². The highest BCUT2D eigenvalue weighted by molar-refractivity contribution is 5.07. The molecule has 5 nitrogen and oxygen atoms in total. The molecule has 1 aromatic rings. The molecule has 0 saturated carbocycles. The second kappa shape index (κ2) is 4.97. The van der Waals surface area contributed by atoms with E-state index in [0.717, 1.165) is 63.7 Å². The monoisotopic (exact) mass is 251 g/mol. The Balaban J connectivity index is 1.75. The van der Waals surface area contributed by atoms with Crippen LogP contribution in [0.4, 0.5) is 0 Å². The molecule has 0 atom stereocenters. The van der Waals surface area contributed by atoms with E-state index in [4.69, 9.17) is 9.26 Å². The molecule has 3 heterocycles. The van der Waals surface area contributed by atoms with Gasteiger partial charge in [0.1, 0.15) is 0 Å². The topological polar surface area (TPSA) is 60.2 Å². The van der Waals surface area contributed by atoms with Gasteiger partial charge in [-0.2, -0.15) is 4.98 Å². The van der Waals surface area contributed by atoms with Crippen molar-refractivity contribution in [2.45, 2.75) is 43.9 Å². The van der Waals surface area contributed by atoms with Crippen LogP contribution < -0.4 is 5.32 Å². The Labute approximate surface area is 107 Å². The van der Waals surface area contributed by atoms with Crippen molar-refractivity contribution in [3.8, 4) is 0 Å². The first-order valence-corrected chi connectivity index (χ1v) is 6.90. The maximum atomic E-state index is 5.53. The lowest BCUT2D eigenvalue weighted by molar-refractivity contribution is 0.0830. The Kier molecular flexibility index (Phi) is 3.35. The summed E-state index contributed by atoms with van der Waals surface area (Å²) < 4.78 is 10.9. The standard InChI is InChI=1S/C13H21N3O2/c1-13(4-6-14-7-5-13)12-15-11(16-18-12)10-2-8-17-9-3-10/h10,14H,2-9H2,1H3. The van der Waals surface area contributed by atoms with Crippen LogP contribution in [0.3, 0.4) is 0 Å². The molecule has 1 aromatic heterocycles. The number of piperidine rings is 1. The van der Waals surface area contributed by atoms with Gasteiger partial charge < -0.3 is 14.6 Å². The summed E-state index contributed by atoms with van der Waals surface area (Å²) in [5.74, 6) is 2.13. The van der Waals surface area contributed by atoms with Crippen LogP contribution in [0.15, 0.2) is 4.52 Å². The first-order chi connectivity index (χ1) is 8.78. The lowest BCUT2D eigenvalue weighted by Crippen LogP contribution is -2.37. The van der Waals surface area contributed by atoms with E-state index in [2.05, 4.69) is 22.4 Å². The average Bonchev–Trinajstić information content (AvgIpc) is 2.91. The highest BCUT2D eigenvalue weighted by Crippen LogP contribution is 2.33. The molecule has 2 aliphatic heterocycles. The molecule has 3 rings (SSSR count). The Morgan fingerprint density at radius 2 is 1.94 bits per heavy atom. The highest BCUT2D eigenvalue weighted by Gasteiger charge is 2.35. The van der Waals surface area contributed by atoms with Gasteiger partial charge in [0.25, 0.3) is 0 Å². The first kappa shape index (κ1) is 12.1. The molecule has 0 unspecified atom stereocenters. The van der Waals surface area contributed by atoms with E-state index in [1.807, 2.05) is 0 Å². The van der Waals surface area contributed by atoms with E-state index in [9.17, 15) is 0 Å². The van der Waals surface area contributed by atoms with Gasteiger partial charge in [-0.25, -0.2) is 0 Å². The minimum atomic E-state index is 0.0572. The number of rotatable bonds is 2. The number of ether oxygens (including phenoxy) is 1. The number of nitrogens with one attached hydrogen (secondary N) is 1. The van der Waals surface area contributed by atoms with Gasteiger partial charge in [0.2, 0.25) is 5.89 Å². The summed E-state index contributed by atoms with van der Waals surface area (Å²) in [6, 6.07) is 0. The summed E-state index contributed by atoms with van der Waals surface area (Å²) in [6.07, 6.45) is 4.17. The van der Waals surface area contributed by atoms with Gasteiger partial charge in [0.15, 0.2) is 5.82 Å². The molecule has 0 spiro atoms. The summed E-state index contributed by atoms with van der Waals surface area (Å²) in [7, 11) is 0. The molecule has 0 bridgehead atoms. The minimum absolute atomic E-state index is 0.0572. The Morgan fingerprint density at radius 1 is 1.22 bits per heavy atom. The zero-order valence-corrected chi connectivity index (χ0v) is 10.9. The van der Waals surface area contributed by atoms with Crippen molar-refractivity contribution in [3.05, 3.63) is 11.7 Å². The molecular weight excluding hydrogens is 230 g/mol. The number of hydrogen-bond donors (Lipinski definition) is 1. The van der Waals surface area contributed by atoms with Crippen LogP contribution in [0.2, 0.25) is 0 Å². The number of nitrogens with zero attached hydrogens (tertiary/aromatic N) is 2. The molecular formula is C13H21N3O2. The van der Waals surface area contributed by atoms with E-state index in [0.29, 0.717) is 5.92 Å². The van der Waals surface area contributed by atoms with Crippen molar-refractivity contribution in [3.63, 3.8) is 0 Å². The normalized spacial score (nSPS) is 25.2. The minimum Gasteiger partial charge on any atom is -0.381 e. The van der Waals surface area contributed by atoms with Gasteiger partial charge in [-0.1, -0.05) is 12.1 Å².